The number of rotatable bonds is 7. The summed E-state index contributed by atoms with van der Waals surface area (Å²) in [5.74, 6) is -1.05. The fourth-order valence-electron chi connectivity index (χ4n) is 2.21. The summed E-state index contributed by atoms with van der Waals surface area (Å²) >= 11 is 0. The Bertz CT molecular complexity index is 916. The van der Waals surface area contributed by atoms with Gasteiger partial charge in [-0.3, -0.25) is 10.1 Å². The molecular weight excluding hydrogens is 372 g/mol. The number of benzene rings is 1. The minimum Gasteiger partial charge on any atom is -0.497 e. The van der Waals surface area contributed by atoms with Crippen LogP contribution in [-0.2, 0) is 0 Å². The van der Waals surface area contributed by atoms with Gasteiger partial charge in [-0.25, -0.2) is 0 Å². The quantitative estimate of drug-likeness (QED) is 0.274. The zero-order chi connectivity index (χ0) is 21.1. The molecule has 0 aliphatic heterocycles. The summed E-state index contributed by atoms with van der Waals surface area (Å²) in [4.78, 5) is 23.8. The third-order valence-electron chi connectivity index (χ3n) is 4.02. The number of ether oxygens (including phenoxy) is 1. The van der Waals surface area contributed by atoms with Crippen molar-refractivity contribution >= 4 is 23.2 Å². The molecule has 1 aromatic carbocycles. The first-order valence-corrected chi connectivity index (χ1v) is 7.94. The summed E-state index contributed by atoms with van der Waals surface area (Å²) in [6.45, 7) is 4.63. The lowest BCUT2D eigenvalue weighted by molar-refractivity contribution is -0.385. The second-order valence-corrected chi connectivity index (χ2v) is 6.14. The molecule has 0 unspecified atom stereocenters. The summed E-state index contributed by atoms with van der Waals surface area (Å²) in [6, 6.07) is 6.43. The first-order chi connectivity index (χ1) is 13.1. The molecule has 4 N–H and O–H groups in total. The highest BCUT2D eigenvalue weighted by atomic mass is 16.7. The predicted molar refractivity (Wildman–Crippen MR) is 99.8 cm³/mol. The fourth-order valence-corrected chi connectivity index (χ4v) is 2.21. The number of aromatic nitrogens is 2. The second-order valence-electron chi connectivity index (χ2n) is 6.14. The van der Waals surface area contributed by atoms with Crippen LogP contribution in [-0.4, -0.2) is 43.6 Å². The average Bonchev–Trinajstić information content (AvgIpc) is 2.64. The van der Waals surface area contributed by atoms with Crippen LogP contribution in [0.1, 0.15) is 20.8 Å². The summed E-state index contributed by atoms with van der Waals surface area (Å²) < 4.78 is 5.14. The van der Waals surface area contributed by atoms with Crippen LogP contribution in [0.4, 0.5) is 17.5 Å². The Morgan fingerprint density at radius 2 is 2.00 bits per heavy atom. The van der Waals surface area contributed by atoms with E-state index in [9.17, 15) is 20.4 Å². The number of methoxy groups -OCH3 is 1. The number of nitrogens with two attached hydrogens (primary N) is 1. The van der Waals surface area contributed by atoms with Gasteiger partial charge in [0.2, 0.25) is 5.95 Å². The maximum absolute atomic E-state index is 11.5. The van der Waals surface area contributed by atoms with E-state index in [-0.39, 0.29) is 11.5 Å². The number of hydrogen-bond donors (Lipinski definition) is 3. The summed E-state index contributed by atoms with van der Waals surface area (Å²) in [5.41, 5.74) is 3.63. The van der Waals surface area contributed by atoms with Crippen molar-refractivity contribution in [1.82, 2.24) is 9.97 Å². The molecule has 0 spiro atoms. The Hall–Kier alpha value is -3.83. The molecule has 12 heteroatoms. The third-order valence-corrected chi connectivity index (χ3v) is 4.02. The number of anilines is 2. The molecule has 0 atom stereocenters. The minimum absolute atomic E-state index is 0.140. The lowest BCUT2D eigenvalue weighted by Gasteiger charge is -2.36. The van der Waals surface area contributed by atoms with Gasteiger partial charge >= 0.3 is 5.69 Å². The van der Waals surface area contributed by atoms with Gasteiger partial charge in [-0.2, -0.15) is 15.0 Å². The summed E-state index contributed by atoms with van der Waals surface area (Å²) in [7, 11) is 1.47. The molecule has 0 amide bonds. The molecule has 0 bridgehead atoms. The lowest BCUT2D eigenvalue weighted by Crippen LogP contribution is -2.52. The lowest BCUT2D eigenvalue weighted by atomic mass is 9.99. The van der Waals surface area contributed by atoms with E-state index >= 15 is 0 Å². The SMILES string of the molecule is COc1cccc(ON(c2nc(N)nc(O)c2[N+](=O)[O-])C(C)(C)C(C)=NO)c1. The van der Waals surface area contributed by atoms with Crippen molar-refractivity contribution < 1.29 is 24.8 Å². The Morgan fingerprint density at radius 1 is 1.36 bits per heavy atom. The number of nitrogen functional groups attached to an aromatic ring is 1. The fraction of sp³-hybridized carbons (Fsp3) is 0.312. The van der Waals surface area contributed by atoms with Gasteiger partial charge < -0.3 is 25.6 Å². The van der Waals surface area contributed by atoms with Crippen molar-refractivity contribution in [3.8, 4) is 17.4 Å². The first-order valence-electron chi connectivity index (χ1n) is 7.94. The van der Waals surface area contributed by atoms with Gasteiger partial charge in [-0.05, 0) is 32.9 Å². The van der Waals surface area contributed by atoms with Crippen molar-refractivity contribution in [3.63, 3.8) is 0 Å². The molecule has 0 saturated carbocycles. The number of oxime groups is 1. The molecule has 0 aliphatic carbocycles. The number of nitro groups is 1. The number of nitrogens with zero attached hydrogens (tertiary/aromatic N) is 5. The number of aromatic hydroxyl groups is 1. The number of hydrogen-bond acceptors (Lipinski definition) is 11. The molecule has 0 radical (unpaired) electrons. The van der Waals surface area contributed by atoms with Crippen LogP contribution < -0.4 is 20.4 Å². The highest BCUT2D eigenvalue weighted by Gasteiger charge is 2.40. The molecule has 28 heavy (non-hydrogen) atoms. The predicted octanol–water partition coefficient (Wildman–Crippen LogP) is 2.11. The smallest absolute Gasteiger partial charge is 0.376 e. The van der Waals surface area contributed by atoms with Crippen LogP contribution in [0.25, 0.3) is 0 Å². The largest absolute Gasteiger partial charge is 0.497 e. The molecule has 0 aliphatic rings. The molecule has 1 aromatic heterocycles. The van der Waals surface area contributed by atoms with E-state index in [1.54, 1.807) is 32.0 Å². The van der Waals surface area contributed by atoms with Gasteiger partial charge in [-0.1, -0.05) is 11.2 Å². The highest BCUT2D eigenvalue weighted by Crippen LogP contribution is 2.38. The van der Waals surface area contributed by atoms with Crippen molar-refractivity contribution in [3.05, 3.63) is 34.4 Å². The summed E-state index contributed by atoms with van der Waals surface area (Å²) in [5, 5.41) is 34.9. The van der Waals surface area contributed by atoms with Gasteiger partial charge in [-0.15, -0.1) is 0 Å². The van der Waals surface area contributed by atoms with Gasteiger partial charge in [0.1, 0.15) is 11.3 Å². The van der Waals surface area contributed by atoms with E-state index in [0.29, 0.717) is 5.75 Å². The topological polar surface area (TPSA) is 169 Å². The zero-order valence-electron chi connectivity index (χ0n) is 15.7. The van der Waals surface area contributed by atoms with Gasteiger partial charge in [0.05, 0.1) is 17.7 Å². The van der Waals surface area contributed by atoms with Crippen molar-refractivity contribution in [2.75, 3.05) is 17.9 Å². The Balaban J connectivity index is 2.71. The van der Waals surface area contributed by atoms with Gasteiger partial charge in [0.25, 0.3) is 11.7 Å². The minimum atomic E-state index is -1.25. The van der Waals surface area contributed by atoms with Crippen LogP contribution in [0, 0.1) is 10.1 Å². The van der Waals surface area contributed by atoms with Crippen LogP contribution >= 0.6 is 0 Å². The van der Waals surface area contributed by atoms with E-state index in [4.69, 9.17) is 15.3 Å². The van der Waals surface area contributed by atoms with Crippen molar-refractivity contribution in [1.29, 1.82) is 0 Å². The monoisotopic (exact) mass is 392 g/mol. The van der Waals surface area contributed by atoms with Crippen LogP contribution in [0.15, 0.2) is 29.4 Å². The maximum atomic E-state index is 11.5. The number of hydroxylamine groups is 1. The van der Waals surface area contributed by atoms with Crippen molar-refractivity contribution in [2.45, 2.75) is 26.3 Å². The first kappa shape index (κ1) is 20.5. The Morgan fingerprint density at radius 3 is 2.57 bits per heavy atom. The van der Waals surface area contributed by atoms with E-state index in [1.165, 1.54) is 20.1 Å². The van der Waals surface area contributed by atoms with E-state index in [1.807, 2.05) is 0 Å². The van der Waals surface area contributed by atoms with Crippen LogP contribution in [0.2, 0.25) is 0 Å². The van der Waals surface area contributed by atoms with Gasteiger partial charge in [0.15, 0.2) is 5.75 Å². The molecule has 150 valence electrons. The normalized spacial score (nSPS) is 11.8. The van der Waals surface area contributed by atoms with Crippen LogP contribution in [0.3, 0.4) is 0 Å². The van der Waals surface area contributed by atoms with E-state index in [0.717, 1.165) is 5.06 Å². The molecule has 1 heterocycles. The molecule has 12 nitrogen and oxygen atoms in total. The second kappa shape index (κ2) is 7.82. The van der Waals surface area contributed by atoms with Crippen molar-refractivity contribution in [2.24, 2.45) is 5.16 Å². The molecular formula is C16H20N6O6. The van der Waals surface area contributed by atoms with Crippen LogP contribution in [0.5, 0.6) is 17.4 Å². The highest BCUT2D eigenvalue weighted by molar-refractivity contribution is 5.93. The average molecular weight is 392 g/mol. The Kier molecular flexibility index (Phi) is 5.72. The van der Waals surface area contributed by atoms with E-state index in [2.05, 4.69) is 15.1 Å². The standard InChI is InChI=1S/C16H20N6O6/c1-9(20-24)16(2,3)21(28-11-7-5-6-10(8-11)27-4)13-12(22(25)26)14(23)19-15(17)18-13/h5-8,24H,1-4H3,(H3,17,18,19,23). The Labute approximate surface area is 159 Å². The molecule has 0 saturated heterocycles. The summed E-state index contributed by atoms with van der Waals surface area (Å²) in [6.07, 6.45) is 0. The van der Waals surface area contributed by atoms with E-state index < -0.39 is 33.8 Å². The maximum Gasteiger partial charge on any atom is 0.376 e. The third kappa shape index (κ3) is 3.95. The molecule has 2 aromatic rings. The van der Waals surface area contributed by atoms with Gasteiger partial charge in [0, 0.05) is 6.07 Å². The molecule has 2 rings (SSSR count). The molecule has 0 fully saturated rings. The zero-order valence-corrected chi connectivity index (χ0v) is 15.7.